The van der Waals surface area contributed by atoms with E-state index in [0.717, 1.165) is 71.0 Å². The van der Waals surface area contributed by atoms with Gasteiger partial charge >= 0.3 is 0 Å². The van der Waals surface area contributed by atoms with Crippen LogP contribution in [0.1, 0.15) is 43.7 Å². The molecule has 4 N–H and O–H groups in total. The van der Waals surface area contributed by atoms with E-state index in [2.05, 4.69) is 46.7 Å². The number of benzene rings is 1. The molecule has 2 atom stereocenters. The summed E-state index contributed by atoms with van der Waals surface area (Å²) in [6, 6.07) is 8.55. The summed E-state index contributed by atoms with van der Waals surface area (Å²) in [5, 5.41) is 6.69. The van der Waals surface area contributed by atoms with Crippen molar-refractivity contribution in [2.45, 2.75) is 51.8 Å². The number of guanidine groups is 1. The minimum Gasteiger partial charge on any atom is -0.376 e. The van der Waals surface area contributed by atoms with Crippen LogP contribution in [0, 0.1) is 5.92 Å². The zero-order valence-corrected chi connectivity index (χ0v) is 20.3. The lowest BCUT2D eigenvalue weighted by molar-refractivity contribution is -0.123. The fourth-order valence-electron chi connectivity index (χ4n) is 4.04. The molecular weight excluding hydrogens is 493 g/mol. The van der Waals surface area contributed by atoms with Crippen molar-refractivity contribution in [1.29, 1.82) is 0 Å². The highest BCUT2D eigenvalue weighted by atomic mass is 127. The molecule has 0 aromatic heterocycles. The smallest absolute Gasteiger partial charge is 0.221 e. The van der Waals surface area contributed by atoms with Crippen LogP contribution in [-0.2, 0) is 22.6 Å². The average Bonchev–Trinajstić information content (AvgIpc) is 3.24. The van der Waals surface area contributed by atoms with Gasteiger partial charge in [-0.3, -0.25) is 9.69 Å². The molecule has 168 valence electrons. The van der Waals surface area contributed by atoms with E-state index in [4.69, 9.17) is 15.5 Å². The van der Waals surface area contributed by atoms with E-state index in [-0.39, 0.29) is 41.9 Å². The Hall–Kier alpha value is -1.39. The number of carbonyl (C=O) groups excluding carboxylic acids is 1. The van der Waals surface area contributed by atoms with Crippen molar-refractivity contribution in [3.8, 4) is 0 Å². The molecule has 2 aliphatic rings. The molecule has 0 aliphatic carbocycles. The second kappa shape index (κ2) is 13.1. The third-order valence-electron chi connectivity index (χ3n) is 5.59. The average molecular weight is 529 g/mol. The van der Waals surface area contributed by atoms with E-state index in [1.807, 2.05) is 0 Å². The number of ether oxygens (including phenoxy) is 1. The lowest BCUT2D eigenvalue weighted by Gasteiger charge is -2.31. The quantitative estimate of drug-likeness (QED) is 0.273. The Morgan fingerprint density at radius 2 is 2.10 bits per heavy atom. The van der Waals surface area contributed by atoms with Gasteiger partial charge in [-0.15, -0.1) is 24.0 Å². The number of carbonyl (C=O) groups is 1. The van der Waals surface area contributed by atoms with E-state index >= 15 is 0 Å². The zero-order chi connectivity index (χ0) is 20.5. The van der Waals surface area contributed by atoms with Crippen LogP contribution >= 0.6 is 24.0 Å². The molecule has 2 heterocycles. The SMILES string of the molecule is CCNC(=NCc1cccc(CN2CCCC(C(N)=O)C2)c1)NCC1CCCO1.I. The zero-order valence-electron chi connectivity index (χ0n) is 17.9. The molecule has 1 aromatic carbocycles. The molecule has 1 aromatic rings. The number of hydrogen-bond acceptors (Lipinski definition) is 4. The van der Waals surface area contributed by atoms with Gasteiger partial charge in [0.1, 0.15) is 0 Å². The lowest BCUT2D eigenvalue weighted by Crippen LogP contribution is -2.41. The van der Waals surface area contributed by atoms with Crippen LogP contribution in [0.2, 0.25) is 0 Å². The Morgan fingerprint density at radius 1 is 1.27 bits per heavy atom. The van der Waals surface area contributed by atoms with Crippen molar-refractivity contribution in [2.24, 2.45) is 16.6 Å². The number of nitrogens with two attached hydrogens (primary N) is 1. The molecule has 0 saturated carbocycles. The van der Waals surface area contributed by atoms with Gasteiger partial charge in [0.25, 0.3) is 0 Å². The van der Waals surface area contributed by atoms with Crippen LogP contribution in [0.4, 0.5) is 0 Å². The fourth-order valence-corrected chi connectivity index (χ4v) is 4.04. The predicted molar refractivity (Wildman–Crippen MR) is 131 cm³/mol. The minimum atomic E-state index is -0.177. The van der Waals surface area contributed by atoms with Gasteiger partial charge in [-0.1, -0.05) is 24.3 Å². The van der Waals surface area contributed by atoms with Crippen molar-refractivity contribution in [3.05, 3.63) is 35.4 Å². The van der Waals surface area contributed by atoms with Crippen molar-refractivity contribution < 1.29 is 9.53 Å². The molecule has 30 heavy (non-hydrogen) atoms. The third-order valence-corrected chi connectivity index (χ3v) is 5.59. The second-order valence-corrected chi connectivity index (χ2v) is 8.01. The van der Waals surface area contributed by atoms with Crippen molar-refractivity contribution >= 4 is 35.8 Å². The Balaban J connectivity index is 0.00000320. The maximum atomic E-state index is 11.5. The number of hydrogen-bond donors (Lipinski definition) is 3. The number of piperidine rings is 1. The fraction of sp³-hybridized carbons (Fsp3) is 0.636. The summed E-state index contributed by atoms with van der Waals surface area (Å²) < 4.78 is 5.68. The normalized spacial score (nSPS) is 22.4. The maximum absolute atomic E-state index is 11.5. The molecule has 2 aliphatic heterocycles. The summed E-state index contributed by atoms with van der Waals surface area (Å²) in [5.74, 6) is 0.632. The van der Waals surface area contributed by atoms with E-state index in [0.29, 0.717) is 6.54 Å². The first-order chi connectivity index (χ1) is 14.1. The summed E-state index contributed by atoms with van der Waals surface area (Å²) in [7, 11) is 0. The highest BCUT2D eigenvalue weighted by Gasteiger charge is 2.23. The number of halogens is 1. The van der Waals surface area contributed by atoms with Gasteiger partial charge in [-0.25, -0.2) is 4.99 Å². The third kappa shape index (κ3) is 8.03. The Labute approximate surface area is 197 Å². The van der Waals surface area contributed by atoms with Gasteiger partial charge in [-0.05, 0) is 50.3 Å². The lowest BCUT2D eigenvalue weighted by atomic mass is 9.97. The molecular formula is C22H36IN5O2. The Bertz CT molecular complexity index is 694. The number of amides is 1. The summed E-state index contributed by atoms with van der Waals surface area (Å²) in [5.41, 5.74) is 7.93. The molecule has 0 spiro atoms. The highest BCUT2D eigenvalue weighted by molar-refractivity contribution is 14.0. The first kappa shape index (κ1) is 24.9. The molecule has 0 radical (unpaired) electrons. The monoisotopic (exact) mass is 529 g/mol. The predicted octanol–water partition coefficient (Wildman–Crippen LogP) is 2.24. The highest BCUT2D eigenvalue weighted by Crippen LogP contribution is 2.19. The summed E-state index contributed by atoms with van der Waals surface area (Å²) in [4.78, 5) is 18.6. The Morgan fingerprint density at radius 3 is 2.83 bits per heavy atom. The van der Waals surface area contributed by atoms with Gasteiger partial charge in [0.05, 0.1) is 18.6 Å². The van der Waals surface area contributed by atoms with Crippen LogP contribution in [0.15, 0.2) is 29.3 Å². The molecule has 2 unspecified atom stereocenters. The molecule has 3 rings (SSSR count). The molecule has 2 fully saturated rings. The first-order valence-corrected chi connectivity index (χ1v) is 10.9. The van der Waals surface area contributed by atoms with E-state index in [9.17, 15) is 4.79 Å². The van der Waals surface area contributed by atoms with Crippen LogP contribution in [0.3, 0.4) is 0 Å². The standard InChI is InChI=1S/C22H35N5O2.HI/c1-2-24-22(26-14-20-9-5-11-29-20)25-13-17-6-3-7-18(12-17)15-27-10-4-8-19(16-27)21(23)28;/h3,6-7,12,19-20H,2,4-5,8-11,13-16H2,1H3,(H2,23,28)(H2,24,25,26);1H. The van der Waals surface area contributed by atoms with Gasteiger partial charge < -0.3 is 21.1 Å². The largest absolute Gasteiger partial charge is 0.376 e. The van der Waals surface area contributed by atoms with E-state index in [1.54, 1.807) is 0 Å². The molecule has 0 bridgehead atoms. The van der Waals surface area contributed by atoms with Crippen LogP contribution < -0.4 is 16.4 Å². The van der Waals surface area contributed by atoms with Crippen LogP contribution in [0.25, 0.3) is 0 Å². The van der Waals surface area contributed by atoms with E-state index < -0.39 is 0 Å². The van der Waals surface area contributed by atoms with Crippen molar-refractivity contribution in [2.75, 3.05) is 32.8 Å². The van der Waals surface area contributed by atoms with Gasteiger partial charge in [0.15, 0.2) is 5.96 Å². The number of aliphatic imine (C=N–C) groups is 1. The van der Waals surface area contributed by atoms with Gasteiger partial charge in [0.2, 0.25) is 5.91 Å². The summed E-state index contributed by atoms with van der Waals surface area (Å²) in [6.07, 6.45) is 4.48. The van der Waals surface area contributed by atoms with E-state index in [1.165, 1.54) is 11.1 Å². The molecule has 7 nitrogen and oxygen atoms in total. The number of nitrogens with one attached hydrogen (secondary N) is 2. The van der Waals surface area contributed by atoms with Gasteiger partial charge in [-0.2, -0.15) is 0 Å². The van der Waals surface area contributed by atoms with Crippen LogP contribution in [0.5, 0.6) is 0 Å². The summed E-state index contributed by atoms with van der Waals surface area (Å²) >= 11 is 0. The number of likely N-dealkylation sites (tertiary alicyclic amines) is 1. The summed E-state index contributed by atoms with van der Waals surface area (Å²) in [6.45, 7) is 7.80. The Kier molecular flexibility index (Phi) is 10.9. The molecule has 2 saturated heterocycles. The topological polar surface area (TPSA) is 92.0 Å². The van der Waals surface area contributed by atoms with Crippen LogP contribution in [-0.4, -0.2) is 55.7 Å². The number of rotatable bonds is 8. The molecule has 1 amide bonds. The first-order valence-electron chi connectivity index (χ1n) is 10.9. The second-order valence-electron chi connectivity index (χ2n) is 8.01. The molecule has 8 heteroatoms. The minimum absolute atomic E-state index is 0. The maximum Gasteiger partial charge on any atom is 0.221 e. The number of nitrogens with zero attached hydrogens (tertiary/aromatic N) is 2. The number of primary amides is 1. The van der Waals surface area contributed by atoms with Crippen molar-refractivity contribution in [1.82, 2.24) is 15.5 Å². The van der Waals surface area contributed by atoms with Gasteiger partial charge in [0, 0.05) is 32.8 Å². The van der Waals surface area contributed by atoms with Crippen molar-refractivity contribution in [3.63, 3.8) is 0 Å².